The number of carbonyl (C=O) groups excluding carboxylic acids is 2. The maximum absolute atomic E-state index is 12.5. The fourth-order valence-corrected chi connectivity index (χ4v) is 5.02. The normalized spacial score (nSPS) is 23.0. The molecule has 3 rings (SSSR count). The maximum Gasteiger partial charge on any atom is 0.266 e. The van der Waals surface area contributed by atoms with Crippen LogP contribution in [0.25, 0.3) is 6.08 Å². The number of thioether (sulfide) groups is 1. The van der Waals surface area contributed by atoms with Gasteiger partial charge in [-0.1, -0.05) is 47.7 Å². The van der Waals surface area contributed by atoms with Crippen molar-refractivity contribution < 1.29 is 18.0 Å². The minimum Gasteiger partial charge on any atom is -0.347 e. The molecule has 0 aliphatic carbocycles. The average molecular weight is 429 g/mol. The van der Waals surface area contributed by atoms with E-state index in [0.29, 0.717) is 9.93 Å². The van der Waals surface area contributed by atoms with E-state index in [1.807, 2.05) is 0 Å². The molecule has 10 heteroatoms. The summed E-state index contributed by atoms with van der Waals surface area (Å²) in [6, 6.07) is 6.38. The molecular formula is C16H13ClN2O4S3. The molecular weight excluding hydrogens is 416 g/mol. The van der Waals surface area contributed by atoms with Crippen molar-refractivity contribution in [2.45, 2.75) is 6.04 Å². The van der Waals surface area contributed by atoms with E-state index < -0.39 is 21.8 Å². The van der Waals surface area contributed by atoms with Gasteiger partial charge in [-0.05, 0) is 29.8 Å². The van der Waals surface area contributed by atoms with Crippen molar-refractivity contribution in [1.82, 2.24) is 10.2 Å². The van der Waals surface area contributed by atoms with Crippen molar-refractivity contribution in [3.05, 3.63) is 51.2 Å². The number of thiocarbonyl (C=S) groups is 1. The van der Waals surface area contributed by atoms with Gasteiger partial charge in [0, 0.05) is 10.4 Å². The Kier molecular flexibility index (Phi) is 5.52. The molecule has 0 spiro atoms. The number of hydrogen-bond donors (Lipinski definition) is 1. The Morgan fingerprint density at radius 1 is 1.38 bits per heavy atom. The number of nitrogens with zero attached hydrogens (tertiary/aromatic N) is 1. The van der Waals surface area contributed by atoms with Crippen molar-refractivity contribution in [3.8, 4) is 0 Å². The Balaban J connectivity index is 1.64. The number of rotatable bonds is 4. The van der Waals surface area contributed by atoms with E-state index in [1.165, 1.54) is 11.0 Å². The van der Waals surface area contributed by atoms with Gasteiger partial charge in [0.05, 0.1) is 16.7 Å². The van der Waals surface area contributed by atoms with Crippen LogP contribution in [0.15, 0.2) is 40.7 Å². The monoisotopic (exact) mass is 428 g/mol. The smallest absolute Gasteiger partial charge is 0.266 e. The van der Waals surface area contributed by atoms with Gasteiger partial charge >= 0.3 is 0 Å². The molecule has 1 fully saturated rings. The number of hydrogen-bond acceptors (Lipinski definition) is 6. The fraction of sp³-hybridized carbons (Fsp3) is 0.188. The predicted molar refractivity (Wildman–Crippen MR) is 106 cm³/mol. The van der Waals surface area contributed by atoms with Crippen LogP contribution in [0.1, 0.15) is 5.56 Å². The third kappa shape index (κ3) is 4.53. The van der Waals surface area contributed by atoms with Crippen LogP contribution in [0.4, 0.5) is 0 Å². The van der Waals surface area contributed by atoms with Crippen LogP contribution in [0.2, 0.25) is 5.02 Å². The summed E-state index contributed by atoms with van der Waals surface area (Å²) in [6.07, 6.45) is 3.10. The molecule has 26 heavy (non-hydrogen) atoms. The van der Waals surface area contributed by atoms with E-state index in [0.717, 1.165) is 22.7 Å². The summed E-state index contributed by atoms with van der Waals surface area (Å²) in [5, 5.41) is 4.24. The molecule has 0 saturated carbocycles. The molecule has 1 aromatic rings. The van der Waals surface area contributed by atoms with Crippen molar-refractivity contribution in [1.29, 1.82) is 0 Å². The Hall–Kier alpha value is -1.68. The summed E-state index contributed by atoms with van der Waals surface area (Å²) in [5.74, 6) is -1.01. The SMILES string of the molecule is O=C(CN1C(=O)/C(=C\c2ccc(Cl)cc2)SC1=S)N[C@H]1C=CS(=O)(=O)C1. The summed E-state index contributed by atoms with van der Waals surface area (Å²) >= 11 is 12.1. The molecule has 1 saturated heterocycles. The molecule has 0 bridgehead atoms. The second-order valence-electron chi connectivity index (χ2n) is 5.65. The molecule has 0 aromatic heterocycles. The van der Waals surface area contributed by atoms with Gasteiger partial charge in [-0.3, -0.25) is 14.5 Å². The predicted octanol–water partition coefficient (Wildman–Crippen LogP) is 1.97. The number of carbonyl (C=O) groups is 2. The molecule has 2 aliphatic heterocycles. The molecule has 1 N–H and O–H groups in total. The van der Waals surface area contributed by atoms with Crippen LogP contribution in [-0.4, -0.2) is 47.8 Å². The highest BCUT2D eigenvalue weighted by Gasteiger charge is 2.34. The largest absolute Gasteiger partial charge is 0.347 e. The van der Waals surface area contributed by atoms with Crippen LogP contribution in [0.3, 0.4) is 0 Å². The van der Waals surface area contributed by atoms with Crippen molar-refractivity contribution >= 4 is 67.6 Å². The summed E-state index contributed by atoms with van der Waals surface area (Å²) < 4.78 is 23.0. The molecule has 2 aliphatic rings. The second kappa shape index (κ2) is 7.51. The first-order chi connectivity index (χ1) is 12.2. The van der Waals surface area contributed by atoms with Crippen LogP contribution in [0.5, 0.6) is 0 Å². The zero-order chi connectivity index (χ0) is 18.9. The Morgan fingerprint density at radius 3 is 2.69 bits per heavy atom. The highest BCUT2D eigenvalue weighted by molar-refractivity contribution is 8.26. The van der Waals surface area contributed by atoms with Crippen molar-refractivity contribution in [2.24, 2.45) is 0 Å². The van der Waals surface area contributed by atoms with Gasteiger partial charge < -0.3 is 5.32 Å². The summed E-state index contributed by atoms with van der Waals surface area (Å²) in [7, 11) is -3.26. The van der Waals surface area contributed by atoms with Crippen molar-refractivity contribution in [3.63, 3.8) is 0 Å². The van der Waals surface area contributed by atoms with Crippen LogP contribution in [0, 0.1) is 0 Å². The van der Waals surface area contributed by atoms with Gasteiger partial charge in [0.15, 0.2) is 9.84 Å². The van der Waals surface area contributed by atoms with E-state index >= 15 is 0 Å². The zero-order valence-electron chi connectivity index (χ0n) is 13.2. The lowest BCUT2D eigenvalue weighted by Gasteiger charge is -2.16. The lowest BCUT2D eigenvalue weighted by Crippen LogP contribution is -2.43. The molecule has 2 heterocycles. The Labute approximate surface area is 165 Å². The third-order valence-electron chi connectivity index (χ3n) is 3.62. The van der Waals surface area contributed by atoms with Gasteiger partial charge in [0.2, 0.25) is 5.91 Å². The number of benzene rings is 1. The first-order valence-electron chi connectivity index (χ1n) is 7.45. The first kappa shape index (κ1) is 19.1. The number of nitrogens with one attached hydrogen (secondary N) is 1. The quantitative estimate of drug-likeness (QED) is 0.583. The lowest BCUT2D eigenvalue weighted by atomic mass is 10.2. The standard InChI is InChI=1S/C16H13ClN2O4S3/c17-11-3-1-10(2-4-11)7-13-15(21)19(16(24)25-13)8-14(20)18-12-5-6-26(22,23)9-12/h1-7,12H,8-9H2,(H,18,20)/b13-7+/t12-/m0/s1. The van der Waals surface area contributed by atoms with Gasteiger partial charge in [-0.25, -0.2) is 8.42 Å². The number of halogens is 1. The zero-order valence-corrected chi connectivity index (χ0v) is 16.4. The molecule has 2 amide bonds. The Morgan fingerprint density at radius 2 is 2.08 bits per heavy atom. The molecule has 0 radical (unpaired) electrons. The number of amides is 2. The molecule has 136 valence electrons. The molecule has 6 nitrogen and oxygen atoms in total. The minimum atomic E-state index is -3.26. The van der Waals surface area contributed by atoms with Crippen LogP contribution < -0.4 is 5.32 Å². The molecule has 1 atom stereocenters. The topological polar surface area (TPSA) is 83.6 Å². The highest BCUT2D eigenvalue weighted by atomic mass is 35.5. The van der Waals surface area contributed by atoms with E-state index in [9.17, 15) is 18.0 Å². The average Bonchev–Trinajstić information content (AvgIpc) is 3.03. The second-order valence-corrected chi connectivity index (χ2v) is 9.69. The summed E-state index contributed by atoms with van der Waals surface area (Å²) in [5.41, 5.74) is 0.792. The van der Waals surface area contributed by atoms with Gasteiger partial charge in [-0.2, -0.15) is 0 Å². The summed E-state index contributed by atoms with van der Waals surface area (Å²) in [6.45, 7) is -0.257. The van der Waals surface area contributed by atoms with Gasteiger partial charge in [-0.15, -0.1) is 0 Å². The van der Waals surface area contributed by atoms with E-state index in [4.69, 9.17) is 23.8 Å². The van der Waals surface area contributed by atoms with Crippen molar-refractivity contribution in [2.75, 3.05) is 12.3 Å². The van der Waals surface area contributed by atoms with Gasteiger partial charge in [0.1, 0.15) is 10.9 Å². The van der Waals surface area contributed by atoms with E-state index in [-0.39, 0.29) is 22.5 Å². The molecule has 0 unspecified atom stereocenters. The minimum absolute atomic E-state index is 0.173. The van der Waals surface area contributed by atoms with Crippen LogP contribution >= 0.6 is 35.6 Å². The van der Waals surface area contributed by atoms with Crippen LogP contribution in [-0.2, 0) is 19.4 Å². The summed E-state index contributed by atoms with van der Waals surface area (Å²) in [4.78, 5) is 26.2. The third-order valence-corrected chi connectivity index (χ3v) is 6.64. The Bertz CT molecular complexity index is 939. The number of sulfone groups is 1. The first-order valence-corrected chi connectivity index (χ1v) is 10.8. The highest BCUT2D eigenvalue weighted by Crippen LogP contribution is 2.32. The fourth-order valence-electron chi connectivity index (χ4n) is 2.41. The maximum atomic E-state index is 12.5. The lowest BCUT2D eigenvalue weighted by molar-refractivity contribution is -0.128. The van der Waals surface area contributed by atoms with Gasteiger partial charge in [0.25, 0.3) is 5.91 Å². The molecule has 1 aromatic carbocycles. The van der Waals surface area contributed by atoms with E-state index in [2.05, 4.69) is 5.32 Å². The van der Waals surface area contributed by atoms with E-state index in [1.54, 1.807) is 30.3 Å².